The van der Waals surface area contributed by atoms with Crippen LogP contribution in [0.25, 0.3) is 22.2 Å². The molecule has 4 heteroatoms. The second-order valence-corrected chi connectivity index (χ2v) is 5.49. The fraction of sp³-hybridized carbons (Fsp3) is 0.143. The number of aryl methyl sites for hydroxylation is 2. The van der Waals surface area contributed by atoms with Crippen molar-refractivity contribution in [1.82, 2.24) is 10.1 Å². The number of hydrogen-bond donors (Lipinski definition) is 0. The summed E-state index contributed by atoms with van der Waals surface area (Å²) in [5.74, 6) is 1.23. The summed E-state index contributed by atoms with van der Waals surface area (Å²) in [6.45, 7) is 4.11. The Morgan fingerprint density at radius 1 is 1.11 bits per heavy atom. The largest absolute Gasteiger partial charge is 0.334 e. The van der Waals surface area contributed by atoms with Gasteiger partial charge in [-0.2, -0.15) is 4.98 Å². The maximum atomic E-state index is 5.31. The van der Waals surface area contributed by atoms with E-state index in [0.717, 1.165) is 10.4 Å². The van der Waals surface area contributed by atoms with Gasteiger partial charge in [0.1, 0.15) is 0 Å². The van der Waals surface area contributed by atoms with Gasteiger partial charge in [-0.15, -0.1) is 11.3 Å². The van der Waals surface area contributed by atoms with E-state index >= 15 is 0 Å². The minimum absolute atomic E-state index is 0.569. The lowest BCUT2D eigenvalue weighted by molar-refractivity contribution is 0.432. The highest BCUT2D eigenvalue weighted by atomic mass is 32.1. The molecule has 3 rings (SSSR count). The molecule has 2 aromatic heterocycles. The van der Waals surface area contributed by atoms with E-state index in [4.69, 9.17) is 4.52 Å². The number of thiophene rings is 1. The van der Waals surface area contributed by atoms with Crippen LogP contribution in [0.15, 0.2) is 40.9 Å². The lowest BCUT2D eigenvalue weighted by atomic mass is 10.1. The predicted octanol–water partition coefficient (Wildman–Crippen LogP) is 4.08. The molecule has 3 nitrogen and oxygen atoms in total. The third-order valence-corrected chi connectivity index (χ3v) is 3.65. The van der Waals surface area contributed by atoms with Crippen molar-refractivity contribution in [2.45, 2.75) is 13.8 Å². The molecule has 2 heterocycles. The first-order valence-electron chi connectivity index (χ1n) is 5.70. The molecule has 0 radical (unpaired) electrons. The van der Waals surface area contributed by atoms with Gasteiger partial charge in [0.2, 0.25) is 5.82 Å². The van der Waals surface area contributed by atoms with E-state index in [-0.39, 0.29) is 0 Å². The van der Waals surface area contributed by atoms with Gasteiger partial charge in [-0.05, 0) is 38.1 Å². The summed E-state index contributed by atoms with van der Waals surface area (Å²) < 4.78 is 5.31. The van der Waals surface area contributed by atoms with E-state index in [1.807, 2.05) is 37.3 Å². The first-order valence-corrected chi connectivity index (χ1v) is 6.51. The molecule has 3 aromatic rings. The molecule has 0 aliphatic rings. The summed E-state index contributed by atoms with van der Waals surface area (Å²) in [5, 5.41) is 4.03. The third-order valence-electron chi connectivity index (χ3n) is 2.65. The molecule has 0 N–H and O–H groups in total. The second kappa shape index (κ2) is 4.38. The first kappa shape index (κ1) is 11.2. The van der Waals surface area contributed by atoms with E-state index < -0.39 is 0 Å². The van der Waals surface area contributed by atoms with Gasteiger partial charge in [-0.25, -0.2) is 0 Å². The van der Waals surface area contributed by atoms with Crippen LogP contribution < -0.4 is 0 Å². The molecule has 18 heavy (non-hydrogen) atoms. The lowest BCUT2D eigenvalue weighted by Crippen LogP contribution is -1.79. The Labute approximate surface area is 109 Å². The topological polar surface area (TPSA) is 38.9 Å². The Bertz CT molecular complexity index is 684. The molecule has 0 spiro atoms. The Morgan fingerprint density at radius 2 is 2.00 bits per heavy atom. The zero-order valence-corrected chi connectivity index (χ0v) is 11.0. The molecule has 90 valence electrons. The molecular weight excluding hydrogens is 244 g/mol. The molecule has 0 saturated heterocycles. The number of aromatic nitrogens is 2. The Morgan fingerprint density at radius 3 is 2.72 bits per heavy atom. The van der Waals surface area contributed by atoms with E-state index in [1.165, 1.54) is 10.4 Å². The average Bonchev–Trinajstić information content (AvgIpc) is 2.97. The summed E-state index contributed by atoms with van der Waals surface area (Å²) >= 11 is 1.67. The normalized spacial score (nSPS) is 10.8. The van der Waals surface area contributed by atoms with Crippen LogP contribution >= 0.6 is 11.3 Å². The highest BCUT2D eigenvalue weighted by Crippen LogP contribution is 2.27. The van der Waals surface area contributed by atoms with E-state index in [1.54, 1.807) is 11.3 Å². The first-order chi connectivity index (χ1) is 8.72. The monoisotopic (exact) mass is 256 g/mol. The molecule has 0 amide bonds. The Balaban J connectivity index is 1.99. The van der Waals surface area contributed by atoms with Gasteiger partial charge in [0, 0.05) is 10.4 Å². The fourth-order valence-corrected chi connectivity index (χ4v) is 2.57. The SMILES string of the molecule is Cc1cccc(-c2nc(-c3ccc(C)s3)no2)c1. The Hall–Kier alpha value is -1.94. The maximum Gasteiger partial charge on any atom is 0.258 e. The third kappa shape index (κ3) is 2.07. The summed E-state index contributed by atoms with van der Waals surface area (Å²) in [6.07, 6.45) is 0. The quantitative estimate of drug-likeness (QED) is 0.693. The maximum absolute atomic E-state index is 5.31. The number of rotatable bonds is 2. The second-order valence-electron chi connectivity index (χ2n) is 4.20. The van der Waals surface area contributed by atoms with E-state index in [2.05, 4.69) is 23.1 Å². The smallest absolute Gasteiger partial charge is 0.258 e. The van der Waals surface area contributed by atoms with Crippen LogP contribution in [0.4, 0.5) is 0 Å². The van der Waals surface area contributed by atoms with Crippen molar-refractivity contribution in [2.75, 3.05) is 0 Å². The summed E-state index contributed by atoms with van der Waals surface area (Å²) in [6, 6.07) is 12.1. The molecule has 0 atom stereocenters. The number of benzene rings is 1. The minimum Gasteiger partial charge on any atom is -0.334 e. The highest BCUT2D eigenvalue weighted by molar-refractivity contribution is 7.15. The van der Waals surface area contributed by atoms with Crippen molar-refractivity contribution in [3.63, 3.8) is 0 Å². The lowest BCUT2D eigenvalue weighted by Gasteiger charge is -1.94. The number of hydrogen-bond acceptors (Lipinski definition) is 4. The van der Waals surface area contributed by atoms with Gasteiger partial charge in [0.15, 0.2) is 0 Å². The van der Waals surface area contributed by atoms with Crippen LogP contribution in [0.1, 0.15) is 10.4 Å². The molecule has 1 aromatic carbocycles. The number of nitrogens with zero attached hydrogens (tertiary/aromatic N) is 2. The van der Waals surface area contributed by atoms with Crippen molar-refractivity contribution < 1.29 is 4.52 Å². The molecule has 0 aliphatic carbocycles. The van der Waals surface area contributed by atoms with Crippen molar-refractivity contribution in [2.24, 2.45) is 0 Å². The zero-order chi connectivity index (χ0) is 12.5. The summed E-state index contributed by atoms with van der Waals surface area (Å²) in [7, 11) is 0. The van der Waals surface area contributed by atoms with Gasteiger partial charge in [-0.1, -0.05) is 22.9 Å². The molecule has 0 aliphatic heterocycles. The van der Waals surface area contributed by atoms with Crippen LogP contribution in [0.3, 0.4) is 0 Å². The standard InChI is InChI=1S/C14H12N2OS/c1-9-4-3-5-11(8-9)14-15-13(16-17-14)12-7-6-10(2)18-12/h3-8H,1-2H3. The minimum atomic E-state index is 0.569. The summed E-state index contributed by atoms with van der Waals surface area (Å²) in [5.41, 5.74) is 2.14. The van der Waals surface area contributed by atoms with E-state index in [9.17, 15) is 0 Å². The van der Waals surface area contributed by atoms with E-state index in [0.29, 0.717) is 11.7 Å². The molecule has 0 bridgehead atoms. The van der Waals surface area contributed by atoms with Gasteiger partial charge < -0.3 is 4.52 Å². The zero-order valence-electron chi connectivity index (χ0n) is 10.2. The molecule has 0 saturated carbocycles. The Kier molecular flexibility index (Phi) is 2.72. The van der Waals surface area contributed by atoms with Crippen molar-refractivity contribution in [3.05, 3.63) is 46.8 Å². The molecule has 0 unspecified atom stereocenters. The van der Waals surface area contributed by atoms with Gasteiger partial charge in [0.25, 0.3) is 5.89 Å². The van der Waals surface area contributed by atoms with Gasteiger partial charge in [-0.3, -0.25) is 0 Å². The fourth-order valence-electron chi connectivity index (χ4n) is 1.77. The van der Waals surface area contributed by atoms with Crippen LogP contribution in [0.5, 0.6) is 0 Å². The van der Waals surface area contributed by atoms with Gasteiger partial charge >= 0.3 is 0 Å². The predicted molar refractivity (Wildman–Crippen MR) is 72.5 cm³/mol. The van der Waals surface area contributed by atoms with Crippen LogP contribution in [0.2, 0.25) is 0 Å². The molecular formula is C14H12N2OS. The highest BCUT2D eigenvalue weighted by Gasteiger charge is 2.11. The van der Waals surface area contributed by atoms with Gasteiger partial charge in [0.05, 0.1) is 4.88 Å². The van der Waals surface area contributed by atoms with Crippen LogP contribution in [-0.2, 0) is 0 Å². The van der Waals surface area contributed by atoms with Crippen LogP contribution in [-0.4, -0.2) is 10.1 Å². The van der Waals surface area contributed by atoms with Crippen molar-refractivity contribution in [3.8, 4) is 22.2 Å². The van der Waals surface area contributed by atoms with Crippen LogP contribution in [0, 0.1) is 13.8 Å². The van der Waals surface area contributed by atoms with Crippen molar-refractivity contribution >= 4 is 11.3 Å². The molecule has 0 fully saturated rings. The summed E-state index contributed by atoms with van der Waals surface area (Å²) in [4.78, 5) is 6.72. The average molecular weight is 256 g/mol. The van der Waals surface area contributed by atoms with Crippen molar-refractivity contribution in [1.29, 1.82) is 0 Å².